The zero-order chi connectivity index (χ0) is 19.4. The summed E-state index contributed by atoms with van der Waals surface area (Å²) in [4.78, 5) is 12.3. The molecule has 140 valence electrons. The van der Waals surface area contributed by atoms with Crippen molar-refractivity contribution in [2.24, 2.45) is 0 Å². The van der Waals surface area contributed by atoms with Gasteiger partial charge in [0.15, 0.2) is 5.76 Å². The van der Waals surface area contributed by atoms with E-state index < -0.39 is 0 Å². The minimum atomic E-state index is -0.384. The second-order valence-corrected chi connectivity index (χ2v) is 6.76. The first-order valence-electron chi connectivity index (χ1n) is 8.85. The second kappa shape index (κ2) is 7.99. The zero-order valence-corrected chi connectivity index (χ0v) is 15.7. The minimum absolute atomic E-state index is 0.0837. The molecular weight excluding hydrogens is 342 g/mol. The maximum atomic E-state index is 12.3. The van der Waals surface area contributed by atoms with Gasteiger partial charge in [0.2, 0.25) is 0 Å². The number of amides is 1. The molecular formula is C22H23NO4. The number of carbonyl (C=O) groups excluding carboxylic acids is 1. The number of phenolic OH excluding ortho intramolecular Hbond substituents is 1. The average molecular weight is 365 g/mol. The maximum Gasteiger partial charge on any atom is 0.291 e. The minimum Gasteiger partial charge on any atom is -0.508 e. The Labute approximate surface area is 158 Å². The van der Waals surface area contributed by atoms with E-state index in [1.54, 1.807) is 24.3 Å². The van der Waals surface area contributed by atoms with Crippen LogP contribution in [0.2, 0.25) is 0 Å². The quantitative estimate of drug-likeness (QED) is 0.626. The lowest BCUT2D eigenvalue weighted by Gasteiger charge is -2.14. The van der Waals surface area contributed by atoms with Crippen LogP contribution in [0.25, 0.3) is 0 Å². The van der Waals surface area contributed by atoms with Gasteiger partial charge in [0, 0.05) is 11.8 Å². The molecule has 5 nitrogen and oxygen atoms in total. The predicted octanol–water partition coefficient (Wildman–Crippen LogP) is 5.25. The molecule has 0 atom stereocenters. The first-order valence-corrected chi connectivity index (χ1v) is 8.85. The number of nitrogens with one attached hydrogen (secondary N) is 1. The Hall–Kier alpha value is -3.21. The van der Waals surface area contributed by atoms with E-state index in [4.69, 9.17) is 9.15 Å². The monoisotopic (exact) mass is 365 g/mol. The Balaban J connectivity index is 1.66. The van der Waals surface area contributed by atoms with Crippen LogP contribution in [0.4, 0.5) is 5.69 Å². The molecule has 0 aliphatic heterocycles. The van der Waals surface area contributed by atoms with Gasteiger partial charge in [0.25, 0.3) is 5.91 Å². The van der Waals surface area contributed by atoms with Gasteiger partial charge in [-0.3, -0.25) is 4.79 Å². The first-order chi connectivity index (χ1) is 12.9. The topological polar surface area (TPSA) is 71.7 Å². The number of ether oxygens (including phenoxy) is 1. The van der Waals surface area contributed by atoms with Crippen molar-refractivity contribution in [3.8, 4) is 11.5 Å². The number of aryl methyl sites for hydroxylation is 1. The van der Waals surface area contributed by atoms with Crippen molar-refractivity contribution in [2.45, 2.75) is 33.3 Å². The Morgan fingerprint density at radius 2 is 1.96 bits per heavy atom. The first kappa shape index (κ1) is 18.6. The summed E-state index contributed by atoms with van der Waals surface area (Å²) in [7, 11) is 0. The van der Waals surface area contributed by atoms with E-state index >= 15 is 0 Å². The third-order valence-corrected chi connectivity index (χ3v) is 4.15. The zero-order valence-electron chi connectivity index (χ0n) is 15.7. The number of aromatic hydroxyl groups is 1. The SMILES string of the molecule is Cc1ccc(C(C)C)c(OCc2ccc(C(=O)Nc3cccc(O)c3)o2)c1. The summed E-state index contributed by atoms with van der Waals surface area (Å²) in [6.45, 7) is 6.50. The molecule has 0 saturated carbocycles. The van der Waals surface area contributed by atoms with Crippen molar-refractivity contribution in [2.75, 3.05) is 5.32 Å². The highest BCUT2D eigenvalue weighted by Crippen LogP contribution is 2.28. The molecule has 0 radical (unpaired) electrons. The molecule has 1 amide bonds. The van der Waals surface area contributed by atoms with E-state index in [-0.39, 0.29) is 24.0 Å². The van der Waals surface area contributed by atoms with Crippen LogP contribution >= 0.6 is 0 Å². The molecule has 0 fully saturated rings. The van der Waals surface area contributed by atoms with E-state index in [2.05, 4.69) is 31.3 Å². The number of furan rings is 1. The number of carbonyl (C=O) groups is 1. The van der Waals surface area contributed by atoms with E-state index in [0.717, 1.165) is 16.9 Å². The summed E-state index contributed by atoms with van der Waals surface area (Å²) in [5, 5.41) is 12.2. The summed E-state index contributed by atoms with van der Waals surface area (Å²) in [5.41, 5.74) is 2.75. The fourth-order valence-electron chi connectivity index (χ4n) is 2.75. The normalized spacial score (nSPS) is 10.8. The third kappa shape index (κ3) is 4.70. The molecule has 3 rings (SSSR count). The molecule has 1 heterocycles. The second-order valence-electron chi connectivity index (χ2n) is 6.76. The van der Waals surface area contributed by atoms with Crippen LogP contribution in [0, 0.1) is 6.92 Å². The Bertz CT molecular complexity index is 943. The van der Waals surface area contributed by atoms with Gasteiger partial charge in [-0.1, -0.05) is 32.0 Å². The molecule has 5 heteroatoms. The van der Waals surface area contributed by atoms with Crippen LogP contribution in [-0.2, 0) is 6.61 Å². The van der Waals surface area contributed by atoms with E-state index in [1.165, 1.54) is 12.1 Å². The lowest BCUT2D eigenvalue weighted by atomic mass is 10.0. The number of rotatable bonds is 6. The van der Waals surface area contributed by atoms with Gasteiger partial charge < -0.3 is 19.6 Å². The highest BCUT2D eigenvalue weighted by molar-refractivity contribution is 6.02. The molecule has 0 saturated heterocycles. The summed E-state index contributed by atoms with van der Waals surface area (Å²) in [6.07, 6.45) is 0. The van der Waals surface area contributed by atoms with Crippen molar-refractivity contribution in [3.05, 3.63) is 77.2 Å². The number of benzene rings is 2. The van der Waals surface area contributed by atoms with Gasteiger partial charge in [-0.25, -0.2) is 0 Å². The molecule has 27 heavy (non-hydrogen) atoms. The van der Waals surface area contributed by atoms with E-state index in [0.29, 0.717) is 17.4 Å². The van der Waals surface area contributed by atoms with Crippen LogP contribution in [0.3, 0.4) is 0 Å². The summed E-state index contributed by atoms with van der Waals surface area (Å²) >= 11 is 0. The fraction of sp³-hybridized carbons (Fsp3) is 0.227. The van der Waals surface area contributed by atoms with Gasteiger partial charge in [0.1, 0.15) is 23.9 Å². The standard InChI is InChI=1S/C22H23NO4/c1-14(2)19-9-7-15(3)11-21(19)26-13-18-8-10-20(27-18)22(25)23-16-5-4-6-17(24)12-16/h4-12,14,24H,13H2,1-3H3,(H,23,25). The van der Waals surface area contributed by atoms with Gasteiger partial charge in [-0.05, 0) is 54.3 Å². The molecule has 2 aromatic carbocycles. The fourth-order valence-corrected chi connectivity index (χ4v) is 2.75. The van der Waals surface area contributed by atoms with Gasteiger partial charge in [-0.15, -0.1) is 0 Å². The van der Waals surface area contributed by atoms with Gasteiger partial charge in [-0.2, -0.15) is 0 Å². The number of phenols is 1. The number of anilines is 1. The average Bonchev–Trinajstić information content (AvgIpc) is 3.09. The highest BCUT2D eigenvalue weighted by atomic mass is 16.5. The van der Waals surface area contributed by atoms with Crippen molar-refractivity contribution >= 4 is 11.6 Å². The van der Waals surface area contributed by atoms with Crippen molar-refractivity contribution in [1.29, 1.82) is 0 Å². The molecule has 0 unspecified atom stereocenters. The summed E-state index contributed by atoms with van der Waals surface area (Å²) in [6, 6.07) is 15.8. The molecule has 0 bridgehead atoms. The Morgan fingerprint density at radius 3 is 2.70 bits per heavy atom. The molecule has 2 N–H and O–H groups in total. The van der Waals surface area contributed by atoms with Gasteiger partial charge in [0.05, 0.1) is 0 Å². The highest BCUT2D eigenvalue weighted by Gasteiger charge is 2.13. The largest absolute Gasteiger partial charge is 0.508 e. The van der Waals surface area contributed by atoms with Crippen LogP contribution in [-0.4, -0.2) is 11.0 Å². The molecule has 0 aliphatic rings. The third-order valence-electron chi connectivity index (χ3n) is 4.15. The summed E-state index contributed by atoms with van der Waals surface area (Å²) < 4.78 is 11.5. The van der Waals surface area contributed by atoms with Crippen molar-refractivity contribution in [3.63, 3.8) is 0 Å². The molecule has 0 spiro atoms. The summed E-state index contributed by atoms with van der Waals surface area (Å²) in [5.74, 6) is 1.62. The van der Waals surface area contributed by atoms with Crippen molar-refractivity contribution < 1.29 is 19.1 Å². The van der Waals surface area contributed by atoms with Crippen LogP contribution in [0.5, 0.6) is 11.5 Å². The van der Waals surface area contributed by atoms with Crippen LogP contribution in [0.1, 0.15) is 47.2 Å². The van der Waals surface area contributed by atoms with Crippen LogP contribution in [0.15, 0.2) is 59.0 Å². The Morgan fingerprint density at radius 1 is 1.15 bits per heavy atom. The smallest absolute Gasteiger partial charge is 0.291 e. The van der Waals surface area contributed by atoms with Crippen molar-refractivity contribution in [1.82, 2.24) is 0 Å². The lowest BCUT2D eigenvalue weighted by Crippen LogP contribution is -2.10. The maximum absolute atomic E-state index is 12.3. The van der Waals surface area contributed by atoms with Crippen LogP contribution < -0.4 is 10.1 Å². The molecule has 3 aromatic rings. The number of hydrogen-bond acceptors (Lipinski definition) is 4. The van der Waals surface area contributed by atoms with E-state index in [1.807, 2.05) is 13.0 Å². The Kier molecular flexibility index (Phi) is 5.50. The van der Waals surface area contributed by atoms with Gasteiger partial charge >= 0.3 is 0 Å². The molecule has 1 aromatic heterocycles. The predicted molar refractivity (Wildman–Crippen MR) is 104 cm³/mol. The molecule has 0 aliphatic carbocycles. The lowest BCUT2D eigenvalue weighted by molar-refractivity contribution is 0.0992. The van der Waals surface area contributed by atoms with E-state index in [9.17, 15) is 9.90 Å². The number of hydrogen-bond donors (Lipinski definition) is 2.